The van der Waals surface area contributed by atoms with E-state index >= 15 is 0 Å². The van der Waals surface area contributed by atoms with Crippen LogP contribution in [0.15, 0.2) is 43.1 Å². The average molecular weight is 376 g/mol. The Hall–Kier alpha value is -3.09. The van der Waals surface area contributed by atoms with E-state index in [1.54, 1.807) is 24.7 Å². The third-order valence-electron chi connectivity index (χ3n) is 5.48. The number of piperidine rings is 1. The van der Waals surface area contributed by atoms with Crippen molar-refractivity contribution in [1.29, 1.82) is 0 Å². The number of pyridine rings is 1. The van der Waals surface area contributed by atoms with Gasteiger partial charge in [-0.1, -0.05) is 0 Å². The predicted octanol–water partition coefficient (Wildman–Crippen LogP) is 2.68. The molecule has 1 amide bonds. The van der Waals surface area contributed by atoms with Gasteiger partial charge in [-0.15, -0.1) is 0 Å². The lowest BCUT2D eigenvalue weighted by Gasteiger charge is -2.32. The fourth-order valence-corrected chi connectivity index (χ4v) is 3.68. The van der Waals surface area contributed by atoms with Crippen LogP contribution in [0.25, 0.3) is 11.4 Å². The van der Waals surface area contributed by atoms with Gasteiger partial charge in [0, 0.05) is 38.7 Å². The molecular formula is C21H24N6O. The Kier molecular flexibility index (Phi) is 5.14. The van der Waals surface area contributed by atoms with E-state index in [9.17, 15) is 4.79 Å². The Morgan fingerprint density at radius 2 is 1.96 bits per heavy atom. The zero-order chi connectivity index (χ0) is 19.5. The maximum atomic E-state index is 12.6. The molecule has 0 spiro atoms. The van der Waals surface area contributed by atoms with Crippen LogP contribution in [-0.2, 0) is 13.5 Å². The van der Waals surface area contributed by atoms with Gasteiger partial charge < -0.3 is 9.47 Å². The first kappa shape index (κ1) is 18.3. The summed E-state index contributed by atoms with van der Waals surface area (Å²) in [6.45, 7) is 3.51. The highest BCUT2D eigenvalue weighted by Crippen LogP contribution is 2.23. The van der Waals surface area contributed by atoms with E-state index in [4.69, 9.17) is 4.98 Å². The number of rotatable bonds is 4. The van der Waals surface area contributed by atoms with E-state index in [0.29, 0.717) is 11.5 Å². The monoisotopic (exact) mass is 376 g/mol. The maximum Gasteiger partial charge on any atom is 0.255 e. The van der Waals surface area contributed by atoms with E-state index < -0.39 is 0 Å². The first-order chi connectivity index (χ1) is 13.6. The van der Waals surface area contributed by atoms with Crippen molar-refractivity contribution in [3.05, 3.63) is 60.2 Å². The van der Waals surface area contributed by atoms with Gasteiger partial charge in [-0.25, -0.2) is 9.97 Å². The standard InChI is InChI=1S/C21H24N6O/c1-15-24-14-20(26(15)2)19-13-23-12-18(25-19)10-16-5-8-27(9-6-16)21(28)17-4-3-7-22-11-17/h3-4,7,11-14,16H,5-6,8-10H2,1-2H3. The number of amides is 1. The number of carbonyl (C=O) groups excluding carboxylic acids is 1. The van der Waals surface area contributed by atoms with Crippen LogP contribution in [0.2, 0.25) is 0 Å². The third kappa shape index (κ3) is 3.78. The molecule has 1 saturated heterocycles. The average Bonchev–Trinajstić information content (AvgIpc) is 3.07. The number of carbonyl (C=O) groups is 1. The zero-order valence-corrected chi connectivity index (χ0v) is 16.2. The largest absolute Gasteiger partial charge is 0.339 e. The summed E-state index contributed by atoms with van der Waals surface area (Å²) >= 11 is 0. The summed E-state index contributed by atoms with van der Waals surface area (Å²) in [5, 5.41) is 0. The summed E-state index contributed by atoms with van der Waals surface area (Å²) in [5.41, 5.74) is 3.48. The molecule has 144 valence electrons. The molecule has 3 aromatic rings. The van der Waals surface area contributed by atoms with Crippen molar-refractivity contribution in [2.45, 2.75) is 26.2 Å². The molecule has 0 aliphatic carbocycles. The highest BCUT2D eigenvalue weighted by atomic mass is 16.2. The van der Waals surface area contributed by atoms with Gasteiger partial charge in [0.05, 0.1) is 29.3 Å². The third-order valence-corrected chi connectivity index (χ3v) is 5.48. The molecule has 1 fully saturated rings. The second kappa shape index (κ2) is 7.88. The number of hydrogen-bond acceptors (Lipinski definition) is 5. The molecule has 7 nitrogen and oxygen atoms in total. The lowest BCUT2D eigenvalue weighted by atomic mass is 9.92. The van der Waals surface area contributed by atoms with Gasteiger partial charge in [-0.2, -0.15) is 0 Å². The number of likely N-dealkylation sites (tertiary alicyclic amines) is 1. The molecule has 4 rings (SSSR count). The van der Waals surface area contributed by atoms with E-state index in [1.165, 1.54) is 0 Å². The van der Waals surface area contributed by atoms with Crippen molar-refractivity contribution >= 4 is 5.91 Å². The smallest absolute Gasteiger partial charge is 0.255 e. The first-order valence-corrected chi connectivity index (χ1v) is 9.60. The van der Waals surface area contributed by atoms with Crippen LogP contribution in [-0.4, -0.2) is 48.4 Å². The molecule has 0 unspecified atom stereocenters. The van der Waals surface area contributed by atoms with Crippen LogP contribution in [0.3, 0.4) is 0 Å². The minimum atomic E-state index is 0.0694. The predicted molar refractivity (Wildman–Crippen MR) is 106 cm³/mol. The van der Waals surface area contributed by atoms with Crippen molar-refractivity contribution in [1.82, 2.24) is 29.4 Å². The topological polar surface area (TPSA) is 76.8 Å². The van der Waals surface area contributed by atoms with Gasteiger partial charge in [0.2, 0.25) is 0 Å². The van der Waals surface area contributed by atoms with Crippen molar-refractivity contribution < 1.29 is 4.79 Å². The number of imidazole rings is 1. The van der Waals surface area contributed by atoms with Crippen molar-refractivity contribution in [3.63, 3.8) is 0 Å². The molecule has 0 radical (unpaired) electrons. The Balaban J connectivity index is 1.38. The van der Waals surface area contributed by atoms with Crippen LogP contribution >= 0.6 is 0 Å². The second-order valence-electron chi connectivity index (χ2n) is 7.33. The van der Waals surface area contributed by atoms with Crippen LogP contribution in [0.4, 0.5) is 0 Å². The Bertz CT molecular complexity index is 960. The second-order valence-corrected chi connectivity index (χ2v) is 7.33. The maximum absolute atomic E-state index is 12.6. The van der Waals surface area contributed by atoms with Gasteiger partial charge in [0.25, 0.3) is 5.91 Å². The summed E-state index contributed by atoms with van der Waals surface area (Å²) in [6, 6.07) is 3.62. The Morgan fingerprint density at radius 3 is 2.64 bits per heavy atom. The van der Waals surface area contributed by atoms with Gasteiger partial charge >= 0.3 is 0 Å². The molecule has 4 heterocycles. The summed E-state index contributed by atoms with van der Waals surface area (Å²) in [5.74, 6) is 1.53. The quantitative estimate of drug-likeness (QED) is 0.700. The fraction of sp³-hybridized carbons (Fsp3) is 0.381. The summed E-state index contributed by atoms with van der Waals surface area (Å²) < 4.78 is 2.02. The Morgan fingerprint density at radius 1 is 1.14 bits per heavy atom. The lowest BCUT2D eigenvalue weighted by molar-refractivity contribution is 0.0690. The van der Waals surface area contributed by atoms with Crippen molar-refractivity contribution in [2.75, 3.05) is 13.1 Å². The molecule has 7 heteroatoms. The van der Waals surface area contributed by atoms with E-state index in [0.717, 1.165) is 55.3 Å². The van der Waals surface area contributed by atoms with E-state index in [-0.39, 0.29) is 5.91 Å². The molecule has 0 aromatic carbocycles. The molecule has 3 aromatic heterocycles. The van der Waals surface area contributed by atoms with Crippen molar-refractivity contribution in [2.24, 2.45) is 13.0 Å². The molecule has 28 heavy (non-hydrogen) atoms. The van der Waals surface area contributed by atoms with Crippen LogP contribution in [0.1, 0.15) is 34.7 Å². The SMILES string of the molecule is Cc1ncc(-c2cncc(CC3CCN(C(=O)c4cccnc4)CC3)n2)n1C. The molecule has 1 aliphatic heterocycles. The van der Waals surface area contributed by atoms with Crippen molar-refractivity contribution in [3.8, 4) is 11.4 Å². The van der Waals surface area contributed by atoms with E-state index in [1.807, 2.05) is 41.9 Å². The number of nitrogens with zero attached hydrogens (tertiary/aromatic N) is 6. The highest BCUT2D eigenvalue weighted by molar-refractivity contribution is 5.93. The van der Waals surface area contributed by atoms with Gasteiger partial charge in [-0.3, -0.25) is 14.8 Å². The minimum Gasteiger partial charge on any atom is -0.339 e. The van der Waals surface area contributed by atoms with Crippen LogP contribution < -0.4 is 0 Å². The molecule has 0 N–H and O–H groups in total. The summed E-state index contributed by atoms with van der Waals surface area (Å²) in [6.07, 6.45) is 11.6. The zero-order valence-electron chi connectivity index (χ0n) is 16.2. The highest BCUT2D eigenvalue weighted by Gasteiger charge is 2.24. The number of hydrogen-bond donors (Lipinski definition) is 0. The van der Waals surface area contributed by atoms with E-state index in [2.05, 4.69) is 15.0 Å². The van der Waals surface area contributed by atoms with Crippen LogP contribution in [0.5, 0.6) is 0 Å². The fourth-order valence-electron chi connectivity index (χ4n) is 3.68. The molecule has 0 bridgehead atoms. The number of aromatic nitrogens is 5. The van der Waals surface area contributed by atoms with Gasteiger partial charge in [0.1, 0.15) is 11.5 Å². The van der Waals surface area contributed by atoms with Gasteiger partial charge in [0.15, 0.2) is 0 Å². The lowest BCUT2D eigenvalue weighted by Crippen LogP contribution is -2.39. The molecule has 0 atom stereocenters. The molecular weight excluding hydrogens is 352 g/mol. The Labute approximate surface area is 164 Å². The molecule has 1 aliphatic rings. The summed E-state index contributed by atoms with van der Waals surface area (Å²) in [4.78, 5) is 32.0. The van der Waals surface area contributed by atoms with Crippen LogP contribution in [0, 0.1) is 12.8 Å². The first-order valence-electron chi connectivity index (χ1n) is 9.60. The molecule has 0 saturated carbocycles. The normalized spacial score (nSPS) is 15.0. The van der Waals surface area contributed by atoms with Gasteiger partial charge in [-0.05, 0) is 44.2 Å². The minimum absolute atomic E-state index is 0.0694. The summed E-state index contributed by atoms with van der Waals surface area (Å²) in [7, 11) is 1.99. The number of aryl methyl sites for hydroxylation is 1.